The van der Waals surface area contributed by atoms with Gasteiger partial charge in [-0.2, -0.15) is 0 Å². The highest BCUT2D eigenvalue weighted by molar-refractivity contribution is 5.83. The Labute approximate surface area is 125 Å². The third kappa shape index (κ3) is 3.18. The summed E-state index contributed by atoms with van der Waals surface area (Å²) in [7, 11) is 3.22. The van der Waals surface area contributed by atoms with Crippen LogP contribution in [0, 0.1) is 11.7 Å². The Morgan fingerprint density at radius 2 is 2.05 bits per heavy atom. The zero-order valence-electron chi connectivity index (χ0n) is 12.9. The third-order valence-electron chi connectivity index (χ3n) is 4.28. The molecule has 0 amide bonds. The van der Waals surface area contributed by atoms with Crippen LogP contribution in [-0.2, 0) is 9.53 Å². The molecule has 1 saturated carbocycles. The number of carbonyl (C=O) groups excluding carboxylic acids is 1. The molecule has 1 aromatic rings. The number of esters is 1. The van der Waals surface area contributed by atoms with Gasteiger partial charge in [-0.05, 0) is 57.0 Å². The molecule has 1 atom stereocenters. The third-order valence-corrected chi connectivity index (χ3v) is 4.28. The van der Waals surface area contributed by atoms with Gasteiger partial charge in [-0.3, -0.25) is 0 Å². The van der Waals surface area contributed by atoms with Crippen LogP contribution in [0.4, 0.5) is 10.1 Å². The molecular formula is C16H23FN2O2. The van der Waals surface area contributed by atoms with E-state index in [1.54, 1.807) is 19.2 Å². The van der Waals surface area contributed by atoms with Gasteiger partial charge in [-0.25, -0.2) is 9.18 Å². The van der Waals surface area contributed by atoms with Crippen LogP contribution < -0.4 is 10.2 Å². The van der Waals surface area contributed by atoms with Crippen molar-refractivity contribution in [2.45, 2.75) is 25.3 Å². The minimum atomic E-state index is -0.695. The van der Waals surface area contributed by atoms with E-state index in [-0.39, 0.29) is 11.8 Å². The Kier molecular flexibility index (Phi) is 4.83. The minimum absolute atomic E-state index is 0.229. The maximum absolute atomic E-state index is 13.1. The number of rotatable bonds is 7. The highest BCUT2D eigenvalue weighted by Crippen LogP contribution is 2.41. The molecule has 0 saturated heterocycles. The van der Waals surface area contributed by atoms with E-state index >= 15 is 0 Å². The second kappa shape index (κ2) is 6.43. The van der Waals surface area contributed by atoms with Gasteiger partial charge in [0.25, 0.3) is 0 Å². The molecule has 116 valence electrons. The summed E-state index contributed by atoms with van der Waals surface area (Å²) in [6, 6.07) is 6.36. The predicted octanol–water partition coefficient (Wildman–Crippen LogP) is 2.19. The van der Waals surface area contributed by atoms with E-state index < -0.39 is 5.54 Å². The first kappa shape index (κ1) is 15.8. The van der Waals surface area contributed by atoms with Gasteiger partial charge in [0, 0.05) is 18.8 Å². The standard InChI is InChI=1S/C16H23FN2O2/c1-4-19(14-9-7-13(17)8-10-14)11-16(18-2,12-5-6-12)15(20)21-3/h7-10,12,18H,4-6,11H2,1-3H3. The molecule has 0 aromatic heterocycles. The molecule has 1 unspecified atom stereocenters. The quantitative estimate of drug-likeness (QED) is 0.783. The normalized spacial score (nSPS) is 17.1. The van der Waals surface area contributed by atoms with E-state index in [0.717, 1.165) is 25.1 Å². The SMILES string of the molecule is CCN(CC(NC)(C(=O)OC)C1CC1)c1ccc(F)cc1. The lowest BCUT2D eigenvalue weighted by Gasteiger charge is -2.37. The molecule has 1 fully saturated rings. The number of likely N-dealkylation sites (N-methyl/N-ethyl adjacent to an activating group) is 2. The summed E-state index contributed by atoms with van der Waals surface area (Å²) < 4.78 is 18.1. The second-order valence-corrected chi connectivity index (χ2v) is 5.48. The lowest BCUT2D eigenvalue weighted by Crippen LogP contribution is -2.60. The molecular weight excluding hydrogens is 271 g/mol. The van der Waals surface area contributed by atoms with Crippen molar-refractivity contribution >= 4 is 11.7 Å². The highest BCUT2D eigenvalue weighted by Gasteiger charge is 2.51. The maximum Gasteiger partial charge on any atom is 0.328 e. The summed E-state index contributed by atoms with van der Waals surface area (Å²) in [6.45, 7) is 3.27. The molecule has 0 aliphatic heterocycles. The summed E-state index contributed by atoms with van der Waals surface area (Å²) in [4.78, 5) is 14.4. The first-order valence-electron chi connectivity index (χ1n) is 7.35. The fraction of sp³-hybridized carbons (Fsp3) is 0.562. The van der Waals surface area contributed by atoms with E-state index in [2.05, 4.69) is 10.2 Å². The fourth-order valence-electron chi connectivity index (χ4n) is 2.84. The van der Waals surface area contributed by atoms with Crippen LogP contribution in [0.25, 0.3) is 0 Å². The number of halogens is 1. The summed E-state index contributed by atoms with van der Waals surface area (Å²) in [5.41, 5.74) is 0.210. The smallest absolute Gasteiger partial charge is 0.328 e. The molecule has 0 spiro atoms. The van der Waals surface area contributed by atoms with Crippen LogP contribution in [-0.4, -0.2) is 38.8 Å². The Morgan fingerprint density at radius 1 is 1.43 bits per heavy atom. The molecule has 21 heavy (non-hydrogen) atoms. The highest BCUT2D eigenvalue weighted by atomic mass is 19.1. The van der Waals surface area contributed by atoms with Gasteiger partial charge >= 0.3 is 5.97 Å². The lowest BCUT2D eigenvalue weighted by molar-refractivity contribution is -0.149. The van der Waals surface area contributed by atoms with E-state index in [0.29, 0.717) is 12.5 Å². The van der Waals surface area contributed by atoms with Crippen LogP contribution in [0.1, 0.15) is 19.8 Å². The monoisotopic (exact) mass is 294 g/mol. The molecule has 0 heterocycles. The molecule has 1 aliphatic carbocycles. The molecule has 4 nitrogen and oxygen atoms in total. The van der Waals surface area contributed by atoms with Crippen LogP contribution in [0.5, 0.6) is 0 Å². The Hall–Kier alpha value is -1.62. The minimum Gasteiger partial charge on any atom is -0.468 e. The van der Waals surface area contributed by atoms with E-state index in [9.17, 15) is 9.18 Å². The van der Waals surface area contributed by atoms with Crippen molar-refractivity contribution in [1.29, 1.82) is 0 Å². The largest absolute Gasteiger partial charge is 0.468 e. The second-order valence-electron chi connectivity index (χ2n) is 5.48. The Morgan fingerprint density at radius 3 is 2.48 bits per heavy atom. The van der Waals surface area contributed by atoms with E-state index in [1.165, 1.54) is 19.2 Å². The molecule has 5 heteroatoms. The molecule has 0 radical (unpaired) electrons. The van der Waals surface area contributed by atoms with Crippen LogP contribution in [0.3, 0.4) is 0 Å². The average Bonchev–Trinajstić information content (AvgIpc) is 3.34. The number of methoxy groups -OCH3 is 1. The van der Waals surface area contributed by atoms with Crippen molar-refractivity contribution in [1.82, 2.24) is 5.32 Å². The number of anilines is 1. The molecule has 0 bridgehead atoms. The first-order chi connectivity index (χ1) is 10.1. The molecule has 1 aliphatic rings. The van der Waals surface area contributed by atoms with Crippen molar-refractivity contribution < 1.29 is 13.9 Å². The number of nitrogens with zero attached hydrogens (tertiary/aromatic N) is 1. The lowest BCUT2D eigenvalue weighted by atomic mass is 9.92. The van der Waals surface area contributed by atoms with Crippen molar-refractivity contribution in [3.05, 3.63) is 30.1 Å². The summed E-state index contributed by atoms with van der Waals surface area (Å²) in [6.07, 6.45) is 2.05. The van der Waals surface area contributed by atoms with Gasteiger partial charge in [-0.1, -0.05) is 0 Å². The fourth-order valence-corrected chi connectivity index (χ4v) is 2.84. The number of carbonyl (C=O) groups is 1. The predicted molar refractivity (Wildman–Crippen MR) is 80.8 cm³/mol. The van der Waals surface area contributed by atoms with E-state index in [4.69, 9.17) is 4.74 Å². The maximum atomic E-state index is 13.1. The zero-order chi connectivity index (χ0) is 15.5. The van der Waals surface area contributed by atoms with Crippen molar-refractivity contribution in [2.75, 3.05) is 32.1 Å². The number of ether oxygens (including phenoxy) is 1. The number of nitrogens with one attached hydrogen (secondary N) is 1. The molecule has 1 N–H and O–H groups in total. The van der Waals surface area contributed by atoms with Gasteiger partial charge in [0.05, 0.1) is 7.11 Å². The van der Waals surface area contributed by atoms with Gasteiger partial charge in [-0.15, -0.1) is 0 Å². The van der Waals surface area contributed by atoms with Crippen molar-refractivity contribution in [3.63, 3.8) is 0 Å². The number of hydrogen-bond donors (Lipinski definition) is 1. The summed E-state index contributed by atoms with van der Waals surface area (Å²) >= 11 is 0. The van der Waals surface area contributed by atoms with Crippen LogP contribution in [0.15, 0.2) is 24.3 Å². The zero-order valence-corrected chi connectivity index (χ0v) is 12.9. The van der Waals surface area contributed by atoms with Crippen molar-refractivity contribution in [3.8, 4) is 0 Å². The summed E-state index contributed by atoms with van der Waals surface area (Å²) in [5.74, 6) is -0.192. The van der Waals surface area contributed by atoms with Crippen LogP contribution in [0.2, 0.25) is 0 Å². The van der Waals surface area contributed by atoms with Gasteiger partial charge in [0.1, 0.15) is 11.4 Å². The van der Waals surface area contributed by atoms with Crippen LogP contribution >= 0.6 is 0 Å². The van der Waals surface area contributed by atoms with Gasteiger partial charge in [0.15, 0.2) is 0 Å². The van der Waals surface area contributed by atoms with Crippen molar-refractivity contribution in [2.24, 2.45) is 5.92 Å². The van der Waals surface area contributed by atoms with Gasteiger partial charge < -0.3 is 15.0 Å². The number of benzene rings is 1. The number of hydrogen-bond acceptors (Lipinski definition) is 4. The average molecular weight is 294 g/mol. The van der Waals surface area contributed by atoms with E-state index in [1.807, 2.05) is 6.92 Å². The van der Waals surface area contributed by atoms with Gasteiger partial charge in [0.2, 0.25) is 0 Å². The molecule has 2 rings (SSSR count). The summed E-state index contributed by atoms with van der Waals surface area (Å²) in [5, 5.41) is 3.18. The topological polar surface area (TPSA) is 41.6 Å². The molecule has 1 aromatic carbocycles. The first-order valence-corrected chi connectivity index (χ1v) is 7.35. The Bertz CT molecular complexity index is 488. The Balaban J connectivity index is 2.25.